The van der Waals surface area contributed by atoms with Gasteiger partial charge in [-0.15, -0.1) is 0 Å². The minimum atomic E-state index is -0.653. The second-order valence-corrected chi connectivity index (χ2v) is 4.27. The van der Waals surface area contributed by atoms with Gasteiger partial charge in [-0.1, -0.05) is 18.2 Å². The first kappa shape index (κ1) is 7.29. The average Bonchev–Trinajstić information content (AvgIpc) is 2.80. The van der Waals surface area contributed by atoms with Crippen molar-refractivity contribution in [3.05, 3.63) is 30.3 Å². The van der Waals surface area contributed by atoms with Crippen molar-refractivity contribution in [2.45, 2.75) is 18.9 Å². The molecule has 3 rings (SSSR count). The molecule has 0 radical (unpaired) electrons. The molecule has 2 fully saturated rings. The van der Waals surface area contributed by atoms with Gasteiger partial charge in [-0.3, -0.25) is 0 Å². The van der Waals surface area contributed by atoms with Gasteiger partial charge >= 0.3 is 0 Å². The SMILES string of the molecule is [2H][C@@H]1C(Oc2ccccc2)C[C@H]2CNC[C@]21[2H]. The average molecular weight is 205 g/mol. The Hall–Kier alpha value is -1.02. The molecule has 1 aliphatic heterocycles. The number of para-hydroxylation sites is 1. The van der Waals surface area contributed by atoms with Crippen LogP contribution in [0.1, 0.15) is 15.6 Å². The number of benzene rings is 1. The molecule has 0 spiro atoms. The molecule has 4 atom stereocenters. The van der Waals surface area contributed by atoms with E-state index in [1.807, 2.05) is 30.3 Å². The molecule has 0 bridgehead atoms. The van der Waals surface area contributed by atoms with Gasteiger partial charge in [0.1, 0.15) is 5.75 Å². The first-order chi connectivity index (χ1) is 8.20. The Morgan fingerprint density at radius 1 is 1.33 bits per heavy atom. The zero-order valence-corrected chi connectivity index (χ0v) is 8.65. The summed E-state index contributed by atoms with van der Waals surface area (Å²) in [7, 11) is 0. The molecule has 1 saturated heterocycles. The molecular weight excluding hydrogens is 186 g/mol. The van der Waals surface area contributed by atoms with E-state index in [-0.39, 0.29) is 12.0 Å². The highest BCUT2D eigenvalue weighted by Gasteiger charge is 2.38. The summed E-state index contributed by atoms with van der Waals surface area (Å²) in [6.07, 6.45) is 0.226. The van der Waals surface area contributed by atoms with Crippen LogP contribution in [-0.4, -0.2) is 19.2 Å². The van der Waals surface area contributed by atoms with E-state index in [0.29, 0.717) is 6.54 Å². The smallest absolute Gasteiger partial charge is 0.119 e. The van der Waals surface area contributed by atoms with Crippen LogP contribution in [0.25, 0.3) is 0 Å². The molecular formula is C13H17NO. The summed E-state index contributed by atoms with van der Waals surface area (Å²) < 4.78 is 22.4. The highest BCUT2D eigenvalue weighted by molar-refractivity contribution is 5.21. The highest BCUT2D eigenvalue weighted by Crippen LogP contribution is 2.36. The Morgan fingerprint density at radius 2 is 2.20 bits per heavy atom. The molecule has 1 aromatic carbocycles. The van der Waals surface area contributed by atoms with Crippen LogP contribution in [0.4, 0.5) is 0 Å². The van der Waals surface area contributed by atoms with Crippen molar-refractivity contribution < 1.29 is 7.48 Å². The molecule has 2 heteroatoms. The molecule has 80 valence electrons. The number of ether oxygens (including phenoxy) is 1. The number of rotatable bonds is 2. The van der Waals surface area contributed by atoms with Gasteiger partial charge in [-0.25, -0.2) is 0 Å². The lowest BCUT2D eigenvalue weighted by Crippen LogP contribution is -2.18. The molecule has 15 heavy (non-hydrogen) atoms. The summed E-state index contributed by atoms with van der Waals surface area (Å²) in [5, 5.41) is 3.22. The van der Waals surface area contributed by atoms with Crippen LogP contribution in [0.15, 0.2) is 30.3 Å². The predicted molar refractivity (Wildman–Crippen MR) is 59.9 cm³/mol. The summed E-state index contributed by atoms with van der Waals surface area (Å²) in [5.74, 6) is 0.421. The van der Waals surface area contributed by atoms with Gasteiger partial charge in [0.15, 0.2) is 0 Å². The largest absolute Gasteiger partial charge is 0.490 e. The molecule has 1 heterocycles. The lowest BCUT2D eigenvalue weighted by molar-refractivity contribution is 0.199. The van der Waals surface area contributed by atoms with Crippen molar-refractivity contribution in [1.29, 1.82) is 0 Å². The van der Waals surface area contributed by atoms with E-state index in [1.165, 1.54) is 0 Å². The van der Waals surface area contributed by atoms with Crippen LogP contribution in [-0.2, 0) is 0 Å². The summed E-state index contributed by atoms with van der Waals surface area (Å²) in [4.78, 5) is 0. The molecule has 0 aromatic heterocycles. The Kier molecular flexibility index (Phi) is 1.87. The van der Waals surface area contributed by atoms with Gasteiger partial charge in [0.05, 0.1) is 6.10 Å². The second kappa shape index (κ2) is 3.86. The van der Waals surface area contributed by atoms with E-state index >= 15 is 0 Å². The first-order valence-electron chi connectivity index (χ1n) is 6.62. The molecule has 2 nitrogen and oxygen atoms in total. The fourth-order valence-electron chi connectivity index (χ4n) is 2.44. The van der Waals surface area contributed by atoms with Crippen molar-refractivity contribution in [3.8, 4) is 5.75 Å². The van der Waals surface area contributed by atoms with Crippen molar-refractivity contribution in [1.82, 2.24) is 5.32 Å². The van der Waals surface area contributed by atoms with Crippen LogP contribution >= 0.6 is 0 Å². The zero-order valence-electron chi connectivity index (χ0n) is 10.6. The van der Waals surface area contributed by atoms with Crippen LogP contribution in [0.2, 0.25) is 0 Å². The van der Waals surface area contributed by atoms with E-state index in [9.17, 15) is 0 Å². The fraction of sp³-hybridized carbons (Fsp3) is 0.538. The number of hydrogen-bond donors (Lipinski definition) is 1. The summed E-state index contributed by atoms with van der Waals surface area (Å²) in [5.41, 5.74) is 0. The normalized spacial score (nSPS) is 45.7. The van der Waals surface area contributed by atoms with Gasteiger partial charge in [0, 0.05) is 2.74 Å². The van der Waals surface area contributed by atoms with Crippen molar-refractivity contribution >= 4 is 0 Å². The Morgan fingerprint density at radius 3 is 3.00 bits per heavy atom. The number of nitrogens with one attached hydrogen (secondary N) is 1. The maximum absolute atomic E-state index is 8.37. The number of fused-ring (bicyclic) bond motifs is 1. The summed E-state index contributed by atoms with van der Waals surface area (Å²) in [6, 6.07) is 9.64. The van der Waals surface area contributed by atoms with Crippen molar-refractivity contribution in [2.24, 2.45) is 11.8 Å². The van der Waals surface area contributed by atoms with E-state index < -0.39 is 12.3 Å². The minimum Gasteiger partial charge on any atom is -0.490 e. The van der Waals surface area contributed by atoms with Crippen LogP contribution in [0.5, 0.6) is 5.75 Å². The maximum Gasteiger partial charge on any atom is 0.119 e. The molecule has 1 aromatic rings. The maximum atomic E-state index is 8.37. The van der Waals surface area contributed by atoms with Crippen LogP contribution in [0.3, 0.4) is 0 Å². The lowest BCUT2D eigenvalue weighted by atomic mass is 10.0. The quantitative estimate of drug-likeness (QED) is 0.798. The topological polar surface area (TPSA) is 21.3 Å². The minimum absolute atomic E-state index is 0.137. The Balaban J connectivity index is 1.74. The van der Waals surface area contributed by atoms with Crippen LogP contribution < -0.4 is 10.1 Å². The Labute approximate surface area is 93.4 Å². The molecule has 1 saturated carbocycles. The third-order valence-corrected chi connectivity index (χ3v) is 3.19. The van der Waals surface area contributed by atoms with E-state index in [0.717, 1.165) is 18.7 Å². The third-order valence-electron chi connectivity index (χ3n) is 3.19. The van der Waals surface area contributed by atoms with Gasteiger partial charge in [0.25, 0.3) is 0 Å². The van der Waals surface area contributed by atoms with Gasteiger partial charge in [-0.2, -0.15) is 0 Å². The Bertz CT molecular complexity index is 400. The molecule has 1 aliphatic carbocycles. The second-order valence-electron chi connectivity index (χ2n) is 4.27. The van der Waals surface area contributed by atoms with Crippen LogP contribution in [0, 0.1) is 11.8 Å². The van der Waals surface area contributed by atoms with E-state index in [2.05, 4.69) is 5.32 Å². The van der Waals surface area contributed by atoms with Crippen molar-refractivity contribution in [3.63, 3.8) is 0 Å². The van der Waals surface area contributed by atoms with Crippen molar-refractivity contribution in [2.75, 3.05) is 13.1 Å². The standard InChI is InChI=1S/C13H17NO/c1-2-4-12(5-3-1)15-13-6-10-8-14-9-11(10)7-13/h1-5,10-11,13-14H,6-9H2/t10-,11+,13?/i6D,10D/t6-,10+,11-,13?/m0/s1. The predicted octanol–water partition coefficient (Wildman–Crippen LogP) is 2.06. The number of hydrogen-bond acceptors (Lipinski definition) is 2. The van der Waals surface area contributed by atoms with Gasteiger partial charge in [-0.05, 0) is 49.9 Å². The highest BCUT2D eigenvalue weighted by atomic mass is 16.5. The summed E-state index contributed by atoms with van der Waals surface area (Å²) in [6.45, 7) is 1.48. The molecule has 1 unspecified atom stereocenters. The first-order valence-corrected chi connectivity index (χ1v) is 5.55. The summed E-state index contributed by atoms with van der Waals surface area (Å²) >= 11 is 0. The van der Waals surface area contributed by atoms with Gasteiger partial charge < -0.3 is 10.1 Å². The fourth-order valence-corrected chi connectivity index (χ4v) is 2.44. The molecule has 2 aliphatic rings. The molecule has 0 amide bonds. The molecule has 1 N–H and O–H groups in total. The lowest BCUT2D eigenvalue weighted by Gasteiger charge is -2.14. The van der Waals surface area contributed by atoms with E-state index in [4.69, 9.17) is 7.48 Å². The zero-order chi connectivity index (χ0) is 11.9. The monoisotopic (exact) mass is 205 g/mol. The van der Waals surface area contributed by atoms with E-state index in [1.54, 1.807) is 0 Å². The van der Waals surface area contributed by atoms with Gasteiger partial charge in [0.2, 0.25) is 0 Å². The third kappa shape index (κ3) is 1.86.